The number of carbonyl (C=O) groups excluding carboxylic acids is 1. The molecule has 1 amide bonds. The van der Waals surface area contributed by atoms with Crippen LogP contribution in [0.2, 0.25) is 5.02 Å². The molecule has 4 aromatic rings. The first-order valence-corrected chi connectivity index (χ1v) is 10.9. The van der Waals surface area contributed by atoms with Gasteiger partial charge in [-0.1, -0.05) is 48.0 Å². The zero-order valence-electron chi connectivity index (χ0n) is 18.4. The second kappa shape index (κ2) is 11.0. The lowest BCUT2D eigenvalue weighted by molar-refractivity contribution is -0.137. The summed E-state index contributed by atoms with van der Waals surface area (Å²) in [5.74, 6) is -0.267. The molecule has 0 atom stereocenters. The van der Waals surface area contributed by atoms with Gasteiger partial charge in [-0.15, -0.1) is 12.4 Å². The van der Waals surface area contributed by atoms with Gasteiger partial charge in [0.25, 0.3) is 5.91 Å². The first kappa shape index (κ1) is 26.3. The van der Waals surface area contributed by atoms with Crippen molar-refractivity contribution in [3.8, 4) is 28.2 Å². The van der Waals surface area contributed by atoms with E-state index in [0.717, 1.165) is 6.07 Å². The van der Waals surface area contributed by atoms with Crippen molar-refractivity contribution in [2.24, 2.45) is 5.73 Å². The number of para-hydroxylation sites is 1. The molecule has 9 heteroatoms. The number of hydrogen-bond donors (Lipinski definition) is 2. The third kappa shape index (κ3) is 5.70. The van der Waals surface area contributed by atoms with Gasteiger partial charge in [0.1, 0.15) is 0 Å². The number of nitrogens with zero attached hydrogens (tertiary/aromatic N) is 1. The van der Waals surface area contributed by atoms with E-state index in [1.54, 1.807) is 71.3 Å². The molecule has 0 aliphatic rings. The van der Waals surface area contributed by atoms with Crippen molar-refractivity contribution >= 4 is 29.9 Å². The Morgan fingerprint density at radius 3 is 1.94 bits per heavy atom. The molecule has 0 unspecified atom stereocenters. The van der Waals surface area contributed by atoms with Crippen LogP contribution in [0.4, 0.5) is 13.2 Å². The third-order valence-electron chi connectivity index (χ3n) is 5.34. The minimum Gasteiger partial charge on any atom is -0.351 e. The molecule has 4 nitrogen and oxygen atoms in total. The van der Waals surface area contributed by atoms with Crippen LogP contribution in [0, 0.1) is 0 Å². The van der Waals surface area contributed by atoms with Gasteiger partial charge in [0, 0.05) is 23.7 Å². The van der Waals surface area contributed by atoms with Gasteiger partial charge < -0.3 is 15.6 Å². The van der Waals surface area contributed by atoms with Gasteiger partial charge in [-0.05, 0) is 59.7 Å². The summed E-state index contributed by atoms with van der Waals surface area (Å²) in [4.78, 5) is 12.2. The average Bonchev–Trinajstić information content (AvgIpc) is 3.27. The van der Waals surface area contributed by atoms with E-state index < -0.39 is 11.7 Å². The van der Waals surface area contributed by atoms with Crippen LogP contribution in [0.25, 0.3) is 28.2 Å². The lowest BCUT2D eigenvalue weighted by Gasteiger charge is -2.19. The van der Waals surface area contributed by atoms with Crippen LogP contribution in [0.1, 0.15) is 15.9 Å². The number of carbonyl (C=O) groups is 1. The van der Waals surface area contributed by atoms with E-state index in [4.69, 9.17) is 17.3 Å². The minimum absolute atomic E-state index is 0. The Bertz CT molecular complexity index is 1300. The van der Waals surface area contributed by atoms with Gasteiger partial charge in [-0.3, -0.25) is 4.79 Å². The zero-order valence-corrected chi connectivity index (χ0v) is 19.9. The number of amides is 1. The molecule has 0 saturated heterocycles. The Morgan fingerprint density at radius 2 is 1.40 bits per heavy atom. The van der Waals surface area contributed by atoms with Gasteiger partial charge in [-0.25, -0.2) is 0 Å². The van der Waals surface area contributed by atoms with Crippen molar-refractivity contribution in [3.05, 3.63) is 101 Å². The number of aromatic nitrogens is 1. The normalized spacial score (nSPS) is 11.1. The van der Waals surface area contributed by atoms with Gasteiger partial charge >= 0.3 is 6.18 Å². The molecule has 0 aliphatic carbocycles. The van der Waals surface area contributed by atoms with Gasteiger partial charge in [0.15, 0.2) is 0 Å². The van der Waals surface area contributed by atoms with Crippen molar-refractivity contribution in [1.82, 2.24) is 9.88 Å². The maximum absolute atomic E-state index is 13.9. The number of nitrogens with one attached hydrogen (secondary N) is 1. The van der Waals surface area contributed by atoms with E-state index in [1.165, 1.54) is 12.1 Å². The van der Waals surface area contributed by atoms with Crippen LogP contribution in [0.5, 0.6) is 0 Å². The molecule has 0 aliphatic heterocycles. The van der Waals surface area contributed by atoms with E-state index in [2.05, 4.69) is 5.32 Å². The van der Waals surface area contributed by atoms with E-state index in [9.17, 15) is 18.0 Å². The fraction of sp³-hybridized carbons (Fsp3) is 0.115. The number of rotatable bonds is 6. The molecule has 4 rings (SSSR count). The maximum atomic E-state index is 13.9. The van der Waals surface area contributed by atoms with Crippen LogP contribution in [-0.4, -0.2) is 23.6 Å². The first-order chi connectivity index (χ1) is 16.3. The Kier molecular flexibility index (Phi) is 8.27. The van der Waals surface area contributed by atoms with Gasteiger partial charge in [-0.2, -0.15) is 13.2 Å². The second-order valence-corrected chi connectivity index (χ2v) is 8.02. The lowest BCUT2D eigenvalue weighted by atomic mass is 10.1. The number of hydrogen-bond acceptors (Lipinski definition) is 2. The molecule has 3 N–H and O–H groups in total. The van der Waals surface area contributed by atoms with Crippen LogP contribution >= 0.6 is 24.0 Å². The molecule has 35 heavy (non-hydrogen) atoms. The van der Waals surface area contributed by atoms with Crippen LogP contribution in [0.3, 0.4) is 0 Å². The third-order valence-corrected chi connectivity index (χ3v) is 5.60. The minimum atomic E-state index is -4.54. The van der Waals surface area contributed by atoms with Gasteiger partial charge in [0.05, 0.1) is 22.6 Å². The predicted octanol–water partition coefficient (Wildman–Crippen LogP) is 6.59. The molecule has 0 bridgehead atoms. The molecule has 0 saturated carbocycles. The van der Waals surface area contributed by atoms with Crippen LogP contribution < -0.4 is 11.1 Å². The molecule has 1 heterocycles. The predicted molar refractivity (Wildman–Crippen MR) is 135 cm³/mol. The van der Waals surface area contributed by atoms with Crippen molar-refractivity contribution in [2.45, 2.75) is 6.18 Å². The molecule has 0 fully saturated rings. The maximum Gasteiger partial charge on any atom is 0.418 e. The molecule has 1 aromatic heterocycles. The van der Waals surface area contributed by atoms with E-state index in [0.29, 0.717) is 46.2 Å². The lowest BCUT2D eigenvalue weighted by Crippen LogP contribution is -2.28. The summed E-state index contributed by atoms with van der Waals surface area (Å²) in [6.45, 7) is 0.672. The largest absolute Gasteiger partial charge is 0.418 e. The molecular weight excluding hydrogens is 498 g/mol. The van der Waals surface area contributed by atoms with Crippen LogP contribution in [-0.2, 0) is 6.18 Å². The average molecular weight is 520 g/mol. The number of halogens is 5. The summed E-state index contributed by atoms with van der Waals surface area (Å²) < 4.78 is 43.3. The zero-order chi connectivity index (χ0) is 24.3. The van der Waals surface area contributed by atoms with E-state index >= 15 is 0 Å². The smallest absolute Gasteiger partial charge is 0.351 e. The number of nitrogens with two attached hydrogens (primary N) is 1. The summed E-state index contributed by atoms with van der Waals surface area (Å²) in [5, 5.41) is 3.22. The Hall–Kier alpha value is -3.26. The van der Waals surface area contributed by atoms with E-state index in [1.807, 2.05) is 0 Å². The van der Waals surface area contributed by atoms with Crippen molar-refractivity contribution < 1.29 is 18.0 Å². The summed E-state index contributed by atoms with van der Waals surface area (Å²) >= 11 is 6.02. The molecule has 0 spiro atoms. The van der Waals surface area contributed by atoms with Crippen LogP contribution in [0.15, 0.2) is 84.9 Å². The van der Waals surface area contributed by atoms with Crippen molar-refractivity contribution in [2.75, 3.05) is 13.1 Å². The highest BCUT2D eigenvalue weighted by atomic mass is 35.5. The van der Waals surface area contributed by atoms with E-state index in [-0.39, 0.29) is 24.0 Å². The van der Waals surface area contributed by atoms with Crippen molar-refractivity contribution in [1.29, 1.82) is 0 Å². The topological polar surface area (TPSA) is 60.0 Å². The first-order valence-electron chi connectivity index (χ1n) is 10.5. The Morgan fingerprint density at radius 1 is 0.857 bits per heavy atom. The monoisotopic (exact) mass is 519 g/mol. The summed E-state index contributed by atoms with van der Waals surface area (Å²) in [5.41, 5.74) is 7.61. The quantitative estimate of drug-likeness (QED) is 0.301. The molecule has 3 aromatic carbocycles. The highest BCUT2D eigenvalue weighted by Gasteiger charge is 2.34. The highest BCUT2D eigenvalue weighted by molar-refractivity contribution is 6.30. The Balaban J connectivity index is 0.00000342. The summed E-state index contributed by atoms with van der Waals surface area (Å²) in [6.07, 6.45) is -4.54. The van der Waals surface area contributed by atoms with Crippen molar-refractivity contribution in [3.63, 3.8) is 0 Å². The van der Waals surface area contributed by atoms with Gasteiger partial charge in [0.2, 0.25) is 0 Å². The fourth-order valence-electron chi connectivity index (χ4n) is 3.76. The standard InChI is InChI=1S/C26H21ClF3N3O.ClH/c27-20-11-9-18(10-12-20)23-14-13-22(17-5-7-19(8-6-17)25(34)32-16-15-31)33(23)24-4-2-1-3-21(24)26(28,29)30;/h1-14H,15-16,31H2,(H,32,34);1H. The molecule has 182 valence electrons. The second-order valence-electron chi connectivity index (χ2n) is 7.58. The fourth-order valence-corrected chi connectivity index (χ4v) is 3.88. The molecular formula is C26H22Cl2F3N3O. The number of benzene rings is 3. The summed E-state index contributed by atoms with van der Waals surface area (Å²) in [6, 6.07) is 22.6. The summed E-state index contributed by atoms with van der Waals surface area (Å²) in [7, 11) is 0. The number of alkyl halides is 3. The Labute approximate surface area is 211 Å². The highest BCUT2D eigenvalue weighted by Crippen LogP contribution is 2.39. The SMILES string of the molecule is Cl.NCCNC(=O)c1ccc(-c2ccc(-c3ccc(Cl)cc3)n2-c2ccccc2C(F)(F)F)cc1. The molecule has 0 radical (unpaired) electrons.